The molecule has 0 spiro atoms. The second-order valence-electron chi connectivity index (χ2n) is 13.7. The van der Waals surface area contributed by atoms with Gasteiger partial charge in [-0.05, 0) is 79.6 Å². The van der Waals surface area contributed by atoms with Crippen LogP contribution in [0.15, 0.2) is 78.9 Å². The molecular weight excluding hydrogens is 706 g/mol. The molecule has 55 heavy (non-hydrogen) atoms. The van der Waals surface area contributed by atoms with Crippen LogP contribution in [0.1, 0.15) is 48.8 Å². The average Bonchev–Trinajstić information content (AvgIpc) is 3.23. The minimum absolute atomic E-state index is 0.122. The molecule has 13 heteroatoms. The molecule has 1 heterocycles. The minimum atomic E-state index is -1.04. The summed E-state index contributed by atoms with van der Waals surface area (Å²) in [5.41, 5.74) is 12.1. The van der Waals surface area contributed by atoms with Gasteiger partial charge in [0.1, 0.15) is 29.8 Å². The number of primary amides is 1. The normalized spacial score (nSPS) is 14.7. The standard InChI is InChI=1S/C42H59N3O10/c1-49-36-15-11-34(12-16-36)42(33-8-4-3-5-9-33,35-13-17-37(50-2)18-14-35)55-32-41(31-46)19-22-45(23-20-41)39(47)30-54-38(40(44)48)10-6-24-51-26-28-53-29-27-52-25-7-21-43/h3-5,8-9,11-18,38,46H,6-7,10,19-32,43H2,1-2H3,(H2,44,48). The monoisotopic (exact) mass is 765 g/mol. The van der Waals surface area contributed by atoms with E-state index in [2.05, 4.69) is 0 Å². The number of methoxy groups -OCH3 is 2. The molecule has 5 N–H and O–H groups in total. The Hall–Kier alpha value is -4.08. The van der Waals surface area contributed by atoms with Gasteiger partial charge >= 0.3 is 0 Å². The van der Waals surface area contributed by atoms with Crippen LogP contribution < -0.4 is 20.9 Å². The van der Waals surface area contributed by atoms with Crippen molar-refractivity contribution in [1.29, 1.82) is 0 Å². The lowest BCUT2D eigenvalue weighted by Gasteiger charge is -2.44. The number of benzene rings is 3. The van der Waals surface area contributed by atoms with Crippen molar-refractivity contribution in [2.24, 2.45) is 16.9 Å². The summed E-state index contributed by atoms with van der Waals surface area (Å²) in [6.45, 7) is 4.08. The molecule has 13 nitrogen and oxygen atoms in total. The van der Waals surface area contributed by atoms with E-state index in [-0.39, 0.29) is 25.7 Å². The first-order chi connectivity index (χ1) is 26.8. The van der Waals surface area contributed by atoms with Gasteiger partial charge in [0.2, 0.25) is 11.8 Å². The Morgan fingerprint density at radius 2 is 1.27 bits per heavy atom. The third kappa shape index (κ3) is 12.7. The van der Waals surface area contributed by atoms with E-state index in [1.165, 1.54) is 0 Å². The van der Waals surface area contributed by atoms with Gasteiger partial charge in [-0.15, -0.1) is 0 Å². The smallest absolute Gasteiger partial charge is 0.248 e. The van der Waals surface area contributed by atoms with Crippen molar-refractivity contribution in [2.45, 2.75) is 43.8 Å². The molecule has 1 atom stereocenters. The molecular formula is C42H59N3O10. The van der Waals surface area contributed by atoms with Crippen LogP contribution in [-0.2, 0) is 38.9 Å². The fourth-order valence-electron chi connectivity index (χ4n) is 6.58. The van der Waals surface area contributed by atoms with Crippen LogP contribution in [-0.4, -0.2) is 121 Å². The van der Waals surface area contributed by atoms with Gasteiger partial charge in [0.05, 0.1) is 53.9 Å². The SMILES string of the molecule is COc1ccc(C(OCC2(CO)CCN(C(=O)COC(CCCOCCOCCOCCCN)C(N)=O)CC2)(c2ccccc2)c2ccc(OC)cc2)cc1. The first-order valence-electron chi connectivity index (χ1n) is 19.0. The van der Waals surface area contributed by atoms with E-state index in [1.54, 1.807) is 19.1 Å². The second kappa shape index (κ2) is 23.1. The number of hydrogen-bond donors (Lipinski definition) is 3. The molecule has 1 aliphatic heterocycles. The molecule has 302 valence electrons. The Morgan fingerprint density at radius 3 is 1.76 bits per heavy atom. The van der Waals surface area contributed by atoms with Crippen LogP contribution in [0.3, 0.4) is 0 Å². The third-order valence-electron chi connectivity index (χ3n) is 10.00. The summed E-state index contributed by atoms with van der Waals surface area (Å²) >= 11 is 0. The number of rotatable bonds is 26. The molecule has 2 amide bonds. The number of carbonyl (C=O) groups excluding carboxylic acids is 2. The van der Waals surface area contributed by atoms with Crippen LogP contribution in [0.25, 0.3) is 0 Å². The Labute approximate surface area is 325 Å². The van der Waals surface area contributed by atoms with Crippen molar-refractivity contribution in [2.75, 3.05) is 93.3 Å². The van der Waals surface area contributed by atoms with Crippen LogP contribution in [0.2, 0.25) is 0 Å². The number of aliphatic hydroxyl groups is 1. The predicted octanol–water partition coefficient (Wildman–Crippen LogP) is 3.66. The van der Waals surface area contributed by atoms with Crippen molar-refractivity contribution in [3.63, 3.8) is 0 Å². The zero-order valence-electron chi connectivity index (χ0n) is 32.3. The maximum absolute atomic E-state index is 13.3. The summed E-state index contributed by atoms with van der Waals surface area (Å²) in [7, 11) is 3.26. The molecule has 1 fully saturated rings. The van der Waals surface area contributed by atoms with E-state index in [0.717, 1.165) is 34.6 Å². The fourth-order valence-corrected chi connectivity index (χ4v) is 6.58. The Balaban J connectivity index is 1.33. The van der Waals surface area contributed by atoms with Gasteiger partial charge in [-0.2, -0.15) is 0 Å². The van der Waals surface area contributed by atoms with E-state index in [4.69, 9.17) is 44.6 Å². The predicted molar refractivity (Wildman–Crippen MR) is 208 cm³/mol. The number of amides is 2. The number of piperidine rings is 1. The van der Waals surface area contributed by atoms with Gasteiger partial charge in [-0.3, -0.25) is 9.59 Å². The van der Waals surface area contributed by atoms with Gasteiger partial charge in [-0.1, -0.05) is 54.6 Å². The maximum Gasteiger partial charge on any atom is 0.248 e. The summed E-state index contributed by atoms with van der Waals surface area (Å²) < 4.78 is 40.2. The van der Waals surface area contributed by atoms with Crippen LogP contribution in [0, 0.1) is 5.41 Å². The highest BCUT2D eigenvalue weighted by Crippen LogP contribution is 2.44. The lowest BCUT2D eigenvalue weighted by atomic mass is 9.77. The van der Waals surface area contributed by atoms with Gasteiger partial charge < -0.3 is 54.6 Å². The Morgan fingerprint density at radius 1 is 0.764 bits per heavy atom. The summed E-state index contributed by atoms with van der Waals surface area (Å²) in [6, 6.07) is 25.6. The second-order valence-corrected chi connectivity index (χ2v) is 13.7. The molecule has 0 saturated carbocycles. The molecule has 1 aliphatic rings. The lowest BCUT2D eigenvalue weighted by Crippen LogP contribution is -2.49. The zero-order chi connectivity index (χ0) is 39.4. The van der Waals surface area contributed by atoms with Gasteiger partial charge in [0.15, 0.2) is 0 Å². The highest BCUT2D eigenvalue weighted by molar-refractivity contribution is 5.80. The number of carbonyl (C=O) groups is 2. The van der Waals surface area contributed by atoms with Gasteiger partial charge in [0.25, 0.3) is 0 Å². The number of hydrogen-bond acceptors (Lipinski definition) is 11. The van der Waals surface area contributed by atoms with Crippen molar-refractivity contribution < 1.29 is 47.9 Å². The van der Waals surface area contributed by atoms with Crippen molar-refractivity contribution in [3.8, 4) is 11.5 Å². The summed E-state index contributed by atoms with van der Waals surface area (Å²) in [4.78, 5) is 27.1. The Kier molecular flexibility index (Phi) is 18.3. The number of nitrogens with two attached hydrogens (primary N) is 2. The number of ether oxygens (including phenoxy) is 7. The quantitative estimate of drug-likeness (QED) is 0.0804. The largest absolute Gasteiger partial charge is 0.497 e. The highest BCUT2D eigenvalue weighted by Gasteiger charge is 2.43. The maximum atomic E-state index is 13.3. The lowest BCUT2D eigenvalue weighted by molar-refractivity contribution is -0.146. The number of likely N-dealkylation sites (tertiary alicyclic amines) is 1. The first kappa shape index (κ1) is 43.6. The number of aliphatic hydroxyl groups excluding tert-OH is 1. The molecule has 0 aromatic heterocycles. The molecule has 3 aromatic carbocycles. The van der Waals surface area contributed by atoms with Crippen molar-refractivity contribution in [3.05, 3.63) is 95.6 Å². The molecule has 3 aromatic rings. The van der Waals surface area contributed by atoms with E-state index >= 15 is 0 Å². The van der Waals surface area contributed by atoms with Gasteiger partial charge in [-0.25, -0.2) is 0 Å². The minimum Gasteiger partial charge on any atom is -0.497 e. The van der Waals surface area contributed by atoms with Gasteiger partial charge in [0, 0.05) is 31.7 Å². The summed E-state index contributed by atoms with van der Waals surface area (Å²) in [5.74, 6) is 0.572. The molecule has 1 unspecified atom stereocenters. The number of nitrogens with zero attached hydrogens (tertiary/aromatic N) is 1. The Bertz CT molecular complexity index is 1490. The topological polar surface area (TPSA) is 174 Å². The van der Waals surface area contributed by atoms with E-state index < -0.39 is 23.0 Å². The molecule has 0 radical (unpaired) electrons. The molecule has 4 rings (SSSR count). The third-order valence-corrected chi connectivity index (χ3v) is 10.00. The van der Waals surface area contributed by atoms with Crippen molar-refractivity contribution in [1.82, 2.24) is 4.90 Å². The van der Waals surface area contributed by atoms with Crippen LogP contribution in [0.4, 0.5) is 0 Å². The van der Waals surface area contributed by atoms with E-state index in [0.29, 0.717) is 85.0 Å². The molecule has 1 saturated heterocycles. The van der Waals surface area contributed by atoms with Crippen LogP contribution in [0.5, 0.6) is 11.5 Å². The first-order valence-corrected chi connectivity index (χ1v) is 19.0. The van der Waals surface area contributed by atoms with Crippen LogP contribution >= 0.6 is 0 Å². The summed E-state index contributed by atoms with van der Waals surface area (Å²) in [5, 5.41) is 10.8. The average molecular weight is 766 g/mol. The zero-order valence-corrected chi connectivity index (χ0v) is 32.3. The summed E-state index contributed by atoms with van der Waals surface area (Å²) in [6.07, 6.45) is 1.79. The van der Waals surface area contributed by atoms with Crippen molar-refractivity contribution >= 4 is 11.8 Å². The highest BCUT2D eigenvalue weighted by atomic mass is 16.5. The molecule has 0 aliphatic carbocycles. The molecule has 0 bridgehead atoms. The van der Waals surface area contributed by atoms with E-state index in [9.17, 15) is 14.7 Å². The fraction of sp³-hybridized carbons (Fsp3) is 0.524. The van der Waals surface area contributed by atoms with E-state index in [1.807, 2.05) is 78.9 Å².